The van der Waals surface area contributed by atoms with Crippen LogP contribution in [0.25, 0.3) is 0 Å². The third-order valence-corrected chi connectivity index (χ3v) is 15.7. The molecule has 0 saturated carbocycles. The van der Waals surface area contributed by atoms with Crippen LogP contribution in [0, 0.1) is 23.7 Å². The molecule has 6 aromatic carbocycles. The number of aliphatic hydroxyl groups excluding tert-OH is 2. The summed E-state index contributed by atoms with van der Waals surface area (Å²) in [5.74, 6) is 15.0. The number of ether oxygens (including phenoxy) is 2. The van der Waals surface area contributed by atoms with Crippen LogP contribution in [0.2, 0.25) is 0 Å². The highest BCUT2D eigenvalue weighted by molar-refractivity contribution is 5.90. The van der Waals surface area contributed by atoms with Gasteiger partial charge in [0.05, 0.1) is 26.4 Å². The minimum absolute atomic E-state index is 0.114. The van der Waals surface area contributed by atoms with Crippen molar-refractivity contribution in [3.8, 4) is 35.2 Å². The number of fused-ring (bicyclic) bond motifs is 2. The van der Waals surface area contributed by atoms with Crippen molar-refractivity contribution >= 4 is 23.4 Å². The molecular formula is C66H76N8O6. The topological polar surface area (TPSA) is 137 Å². The van der Waals surface area contributed by atoms with Gasteiger partial charge in [0.2, 0.25) is 0 Å². The molecule has 0 aromatic heterocycles. The first-order chi connectivity index (χ1) is 38.8. The molecule has 0 radical (unpaired) electrons. The van der Waals surface area contributed by atoms with E-state index >= 15 is 0 Å². The Bertz CT molecular complexity index is 2870. The van der Waals surface area contributed by atoms with Crippen molar-refractivity contribution in [3.63, 3.8) is 0 Å². The number of rotatable bonds is 10. The van der Waals surface area contributed by atoms with Gasteiger partial charge in [-0.3, -0.25) is 9.80 Å². The molecule has 4 N–H and O–H groups in total. The fourth-order valence-electron chi connectivity index (χ4n) is 11.6. The van der Waals surface area contributed by atoms with Crippen molar-refractivity contribution < 1.29 is 29.3 Å². The first-order valence-corrected chi connectivity index (χ1v) is 27.7. The summed E-state index contributed by atoms with van der Waals surface area (Å²) in [6.07, 6.45) is 0.126. The maximum atomic E-state index is 13.4. The summed E-state index contributed by atoms with van der Waals surface area (Å²) < 4.78 is 10.5. The number of nitrogens with one attached hydrogen (secondary N) is 2. The second-order valence-electron chi connectivity index (χ2n) is 21.8. The zero-order chi connectivity index (χ0) is 56.1. The third-order valence-electron chi connectivity index (χ3n) is 15.7. The van der Waals surface area contributed by atoms with Crippen molar-refractivity contribution in [1.82, 2.24) is 29.4 Å². The Balaban J connectivity index is 0.000000194. The Kier molecular flexibility index (Phi) is 19.3. The number of carbonyl (C=O) groups is 2. The molecule has 80 heavy (non-hydrogen) atoms. The average molecular weight is 1080 g/mol. The highest BCUT2D eigenvalue weighted by atomic mass is 16.5. The predicted octanol–water partition coefficient (Wildman–Crippen LogP) is 8.18. The Morgan fingerprint density at radius 2 is 0.825 bits per heavy atom. The molecular weight excluding hydrogens is 1000 g/mol. The lowest BCUT2D eigenvalue weighted by Gasteiger charge is -2.58. The SMILES string of the molecule is COc1ccc(NC(=O)N2CCC(O)CN3[C@H](CN(C)C)[C@H](c4ccc(C#Cc5ccccc5)cc4)[C@@H]3C2)cc1.COc1ccc(NC(=O)N2CCC(O)CN3[C@H](CN(C)C)[C@H](c4ccc(C#Cc5ccccc5)cc4)[C@@H]3C2)cc1. The number of anilines is 2. The van der Waals surface area contributed by atoms with E-state index in [1.807, 2.05) is 119 Å². The minimum Gasteiger partial charge on any atom is -0.497 e. The zero-order valence-electron chi connectivity index (χ0n) is 46.9. The molecule has 6 aromatic rings. The maximum Gasteiger partial charge on any atom is 0.321 e. The van der Waals surface area contributed by atoms with E-state index in [1.54, 1.807) is 14.2 Å². The Hall–Kier alpha value is -7.66. The van der Waals surface area contributed by atoms with Crippen LogP contribution in [0.15, 0.2) is 158 Å². The molecule has 4 heterocycles. The van der Waals surface area contributed by atoms with E-state index in [0.29, 0.717) is 63.5 Å². The summed E-state index contributed by atoms with van der Waals surface area (Å²) in [5.41, 5.74) is 7.85. The highest BCUT2D eigenvalue weighted by Crippen LogP contribution is 2.44. The van der Waals surface area contributed by atoms with Gasteiger partial charge in [-0.05, 0) is 149 Å². The number of urea groups is 2. The van der Waals surface area contributed by atoms with Gasteiger partial charge in [-0.2, -0.15) is 0 Å². The Morgan fingerprint density at radius 1 is 0.487 bits per heavy atom. The molecule has 14 nitrogen and oxygen atoms in total. The number of carbonyl (C=O) groups excluding carboxylic acids is 2. The molecule has 0 bridgehead atoms. The van der Waals surface area contributed by atoms with E-state index in [2.05, 4.69) is 131 Å². The lowest BCUT2D eigenvalue weighted by molar-refractivity contribution is -0.0735. The van der Waals surface area contributed by atoms with Crippen LogP contribution in [-0.4, -0.2) is 183 Å². The van der Waals surface area contributed by atoms with Crippen molar-refractivity contribution in [2.24, 2.45) is 0 Å². The van der Waals surface area contributed by atoms with Gasteiger partial charge in [-0.1, -0.05) is 84.3 Å². The number of nitrogens with zero attached hydrogens (tertiary/aromatic N) is 6. The number of hydrogen-bond donors (Lipinski definition) is 4. The molecule has 4 fully saturated rings. The van der Waals surface area contributed by atoms with Gasteiger partial charge < -0.3 is 49.9 Å². The molecule has 4 aliphatic heterocycles. The standard InChI is InChI=1S/2C33H38N4O3/c2*1-35(2)22-30-32(26-13-11-25(12-14-26)10-9-24-7-5-4-6-8-24)31-23-36(20-19-28(38)21-37(30)31)33(39)34-27-15-17-29(40-3)18-16-27/h2*4-8,11-18,28,30-32,38H,19-23H2,1-3H3,(H,34,39)/t2*28?,30-,31+,32+/m11/s1. The van der Waals surface area contributed by atoms with E-state index < -0.39 is 12.2 Å². The number of methoxy groups -OCH3 is 2. The van der Waals surface area contributed by atoms with E-state index in [-0.39, 0.29) is 48.1 Å². The van der Waals surface area contributed by atoms with Gasteiger partial charge in [-0.25, -0.2) is 9.59 Å². The molecule has 14 heteroatoms. The molecule has 0 spiro atoms. The van der Waals surface area contributed by atoms with Crippen molar-refractivity contribution in [2.45, 2.75) is 61.1 Å². The van der Waals surface area contributed by atoms with Gasteiger partial charge in [-0.15, -0.1) is 0 Å². The molecule has 4 saturated heterocycles. The average Bonchev–Trinajstić information content (AvgIpc) is 3.66. The number of hydrogen-bond acceptors (Lipinski definition) is 10. The molecule has 4 amide bonds. The fourth-order valence-corrected chi connectivity index (χ4v) is 11.6. The van der Waals surface area contributed by atoms with E-state index in [9.17, 15) is 19.8 Å². The lowest BCUT2D eigenvalue weighted by Crippen LogP contribution is -2.70. The van der Waals surface area contributed by atoms with E-state index in [4.69, 9.17) is 9.47 Å². The summed E-state index contributed by atoms with van der Waals surface area (Å²) in [5, 5.41) is 27.7. The summed E-state index contributed by atoms with van der Waals surface area (Å²) in [6, 6.07) is 52.1. The number of benzene rings is 6. The Morgan fingerprint density at radius 3 is 1.15 bits per heavy atom. The summed E-state index contributed by atoms with van der Waals surface area (Å²) in [4.78, 5) is 39.6. The molecule has 2 unspecified atom stereocenters. The predicted molar refractivity (Wildman–Crippen MR) is 317 cm³/mol. The lowest BCUT2D eigenvalue weighted by atomic mass is 9.73. The van der Waals surface area contributed by atoms with Crippen LogP contribution in [0.4, 0.5) is 21.0 Å². The molecule has 416 valence electrons. The van der Waals surface area contributed by atoms with Crippen LogP contribution >= 0.6 is 0 Å². The molecule has 0 aliphatic carbocycles. The van der Waals surface area contributed by atoms with Crippen LogP contribution in [0.5, 0.6) is 11.5 Å². The van der Waals surface area contributed by atoms with Crippen molar-refractivity contribution in [2.75, 3.05) is 105 Å². The molecule has 4 aliphatic rings. The Labute approximate surface area is 472 Å². The van der Waals surface area contributed by atoms with Gasteiger partial charge in [0.15, 0.2) is 0 Å². The van der Waals surface area contributed by atoms with Gasteiger partial charge in [0, 0.05) is 122 Å². The summed E-state index contributed by atoms with van der Waals surface area (Å²) >= 11 is 0. The monoisotopic (exact) mass is 1080 g/mol. The van der Waals surface area contributed by atoms with Crippen LogP contribution < -0.4 is 20.1 Å². The van der Waals surface area contributed by atoms with Crippen molar-refractivity contribution in [3.05, 3.63) is 191 Å². The van der Waals surface area contributed by atoms with Crippen LogP contribution in [0.1, 0.15) is 58.1 Å². The second kappa shape index (κ2) is 27.0. The zero-order valence-corrected chi connectivity index (χ0v) is 46.9. The van der Waals surface area contributed by atoms with E-state index in [1.165, 1.54) is 11.1 Å². The van der Waals surface area contributed by atoms with Gasteiger partial charge in [0.1, 0.15) is 11.5 Å². The van der Waals surface area contributed by atoms with Crippen molar-refractivity contribution in [1.29, 1.82) is 0 Å². The van der Waals surface area contributed by atoms with Crippen LogP contribution in [0.3, 0.4) is 0 Å². The summed E-state index contributed by atoms with van der Waals surface area (Å²) in [7, 11) is 11.6. The quantitative estimate of drug-likeness (QED) is 0.0996. The van der Waals surface area contributed by atoms with Crippen LogP contribution in [-0.2, 0) is 0 Å². The number of aliphatic hydroxyl groups is 2. The normalized spacial score (nSPS) is 22.7. The number of amides is 4. The minimum atomic E-state index is -0.486. The first kappa shape index (κ1) is 57.0. The summed E-state index contributed by atoms with van der Waals surface area (Å²) in [6.45, 7) is 5.20. The third kappa shape index (κ3) is 14.6. The fraction of sp³-hybridized carbons (Fsp3) is 0.364. The maximum absolute atomic E-state index is 13.4. The number of likely N-dealkylation sites (N-methyl/N-ethyl adjacent to an activating group) is 2. The van der Waals surface area contributed by atoms with Gasteiger partial charge in [0.25, 0.3) is 0 Å². The second-order valence-corrected chi connectivity index (χ2v) is 21.8. The smallest absolute Gasteiger partial charge is 0.321 e. The largest absolute Gasteiger partial charge is 0.497 e. The van der Waals surface area contributed by atoms with E-state index in [0.717, 1.165) is 46.8 Å². The highest BCUT2D eigenvalue weighted by Gasteiger charge is 2.52. The molecule has 8 atom stereocenters. The van der Waals surface area contributed by atoms with Gasteiger partial charge >= 0.3 is 12.1 Å². The molecule has 10 rings (SSSR count). The first-order valence-electron chi connectivity index (χ1n) is 27.7.